The number of nitrogens with zero attached hydrogens (tertiary/aromatic N) is 1. The van der Waals surface area contributed by atoms with E-state index in [9.17, 15) is 13.2 Å². The van der Waals surface area contributed by atoms with Gasteiger partial charge in [-0.05, 0) is 10.9 Å². The quantitative estimate of drug-likeness (QED) is 0.441. The Morgan fingerprint density at radius 1 is 0.950 bits per heavy atom. The van der Waals surface area contributed by atoms with Gasteiger partial charge < -0.3 is 4.74 Å². The van der Waals surface area contributed by atoms with Gasteiger partial charge in [0.15, 0.2) is 0 Å². The van der Waals surface area contributed by atoms with Crippen LogP contribution in [0.5, 0.6) is 0 Å². The minimum atomic E-state index is -2.64. The fourth-order valence-corrected chi connectivity index (χ4v) is 2.01. The lowest BCUT2D eigenvalue weighted by Gasteiger charge is -2.03. The van der Waals surface area contributed by atoms with E-state index in [2.05, 4.69) is 11.4 Å². The largest absolute Gasteiger partial charge is 0.448 e. The van der Waals surface area contributed by atoms with E-state index in [1.165, 1.54) is 44.9 Å². The molecule has 0 heterocycles. The highest BCUT2D eigenvalue weighted by molar-refractivity contribution is 7.61. The van der Waals surface area contributed by atoms with E-state index in [1.807, 2.05) is 0 Å². The summed E-state index contributed by atoms with van der Waals surface area (Å²) in [5.74, 6) is 0. The van der Waals surface area contributed by atoms with Gasteiger partial charge in [0.05, 0.1) is 6.61 Å². The van der Waals surface area contributed by atoms with Crippen molar-refractivity contribution in [2.24, 2.45) is 4.47 Å². The van der Waals surface area contributed by atoms with E-state index >= 15 is 0 Å². The molecule has 0 fully saturated rings. The summed E-state index contributed by atoms with van der Waals surface area (Å²) in [4.78, 5) is 10.9. The fourth-order valence-electron chi connectivity index (χ4n) is 1.86. The van der Waals surface area contributed by atoms with E-state index < -0.39 is 16.6 Å². The summed E-state index contributed by atoms with van der Waals surface area (Å²) in [6, 6.07) is 0. The molecule has 0 aliphatic carbocycles. The third-order valence-electron chi connectivity index (χ3n) is 2.94. The zero-order valence-electron chi connectivity index (χ0n) is 12.3. The summed E-state index contributed by atoms with van der Waals surface area (Å²) in [7, 11) is -2.64. The predicted molar refractivity (Wildman–Crippen MR) is 77.7 cm³/mol. The molecule has 6 nitrogen and oxygen atoms in total. The first kappa shape index (κ1) is 18.9. The van der Waals surface area contributed by atoms with Crippen LogP contribution in [0.1, 0.15) is 71.1 Å². The monoisotopic (exact) mass is 306 g/mol. The standard InChI is InChI=1S/C13H26N2O4S/c1-2-3-4-5-6-7-8-9-10-11-12-19-13(16)14-15-20(17)18/h2-12H2,1H3,(H,14,16). The summed E-state index contributed by atoms with van der Waals surface area (Å²) in [6.45, 7) is 2.51. The molecule has 0 rings (SSSR count). The first-order valence-corrected chi connectivity index (χ1v) is 8.43. The molecule has 0 unspecified atom stereocenters. The van der Waals surface area contributed by atoms with Gasteiger partial charge in [-0.2, -0.15) is 13.8 Å². The number of rotatable bonds is 12. The zero-order valence-corrected chi connectivity index (χ0v) is 13.1. The van der Waals surface area contributed by atoms with E-state index in [1.54, 1.807) is 5.43 Å². The van der Waals surface area contributed by atoms with Crippen molar-refractivity contribution in [1.29, 1.82) is 0 Å². The van der Waals surface area contributed by atoms with Crippen molar-refractivity contribution in [2.75, 3.05) is 6.61 Å². The molecule has 0 atom stereocenters. The van der Waals surface area contributed by atoms with Gasteiger partial charge >= 0.3 is 16.6 Å². The van der Waals surface area contributed by atoms with Crippen LogP contribution in [-0.2, 0) is 15.2 Å². The van der Waals surface area contributed by atoms with Crippen molar-refractivity contribution >= 4 is 16.6 Å². The Bertz CT molecular complexity index is 361. The van der Waals surface area contributed by atoms with E-state index in [0.29, 0.717) is 6.61 Å². The Kier molecular flexibility index (Phi) is 13.5. The molecule has 0 aromatic heterocycles. The van der Waals surface area contributed by atoms with E-state index in [-0.39, 0.29) is 0 Å². The highest BCUT2D eigenvalue weighted by Crippen LogP contribution is 2.10. The normalized spacial score (nSPS) is 10.1. The number of hydrogen-bond acceptors (Lipinski definition) is 5. The van der Waals surface area contributed by atoms with Crippen molar-refractivity contribution in [1.82, 2.24) is 5.43 Å². The summed E-state index contributed by atoms with van der Waals surface area (Å²) in [5, 5.41) is 0. The summed E-state index contributed by atoms with van der Waals surface area (Å²) < 4.78 is 27.6. The van der Waals surface area contributed by atoms with Gasteiger partial charge in [0.1, 0.15) is 0 Å². The molecule has 1 amide bonds. The number of amides is 1. The summed E-state index contributed by atoms with van der Waals surface area (Å²) >= 11 is 0. The SMILES string of the molecule is CCCCCCCCCCCCOC(=O)NN=S(=O)=O. The predicted octanol–water partition coefficient (Wildman–Crippen LogP) is 3.61. The molecule has 7 heteroatoms. The highest BCUT2D eigenvalue weighted by Gasteiger charge is 1.99. The van der Waals surface area contributed by atoms with Crippen molar-refractivity contribution in [3.05, 3.63) is 0 Å². The maximum Gasteiger partial charge on any atom is 0.428 e. The summed E-state index contributed by atoms with van der Waals surface area (Å²) in [6.07, 6.45) is 11.3. The Hall–Kier alpha value is -1.11. The van der Waals surface area contributed by atoms with Gasteiger partial charge in [-0.3, -0.25) is 0 Å². The van der Waals surface area contributed by atoms with Gasteiger partial charge in [-0.15, -0.1) is 0 Å². The molecular weight excluding hydrogens is 280 g/mol. The Morgan fingerprint density at radius 3 is 1.95 bits per heavy atom. The molecule has 0 radical (unpaired) electrons. The number of carbonyl (C=O) groups is 1. The lowest BCUT2D eigenvalue weighted by Crippen LogP contribution is -2.18. The van der Waals surface area contributed by atoms with Crippen molar-refractivity contribution in [3.63, 3.8) is 0 Å². The lowest BCUT2D eigenvalue weighted by atomic mass is 10.1. The maximum absolute atomic E-state index is 10.9. The van der Waals surface area contributed by atoms with Crippen LogP contribution in [0.3, 0.4) is 0 Å². The van der Waals surface area contributed by atoms with Crippen LogP contribution >= 0.6 is 0 Å². The smallest absolute Gasteiger partial charge is 0.428 e. The van der Waals surface area contributed by atoms with Crippen LogP contribution < -0.4 is 5.43 Å². The number of unbranched alkanes of at least 4 members (excludes halogenated alkanes) is 9. The summed E-state index contributed by atoms with van der Waals surface area (Å²) in [5.41, 5.74) is 1.77. The van der Waals surface area contributed by atoms with Crippen LogP contribution in [0.25, 0.3) is 0 Å². The number of nitrogens with one attached hydrogen (secondary N) is 1. The lowest BCUT2D eigenvalue weighted by molar-refractivity contribution is 0.144. The van der Waals surface area contributed by atoms with E-state index in [4.69, 9.17) is 4.74 Å². The van der Waals surface area contributed by atoms with Crippen LogP contribution in [0.15, 0.2) is 4.47 Å². The Balaban J connectivity index is 3.20. The zero-order chi connectivity index (χ0) is 15.1. The van der Waals surface area contributed by atoms with Gasteiger partial charge in [0.2, 0.25) is 0 Å². The third-order valence-corrected chi connectivity index (χ3v) is 3.18. The first-order chi connectivity index (χ1) is 9.66. The molecule has 0 bridgehead atoms. The molecule has 0 aromatic carbocycles. The van der Waals surface area contributed by atoms with Crippen molar-refractivity contribution < 1.29 is 17.9 Å². The molecule has 20 heavy (non-hydrogen) atoms. The fraction of sp³-hybridized carbons (Fsp3) is 0.923. The molecule has 0 aliphatic heterocycles. The van der Waals surface area contributed by atoms with Gasteiger partial charge in [0, 0.05) is 0 Å². The molecule has 0 saturated carbocycles. The number of carbonyl (C=O) groups excluding carboxylic acids is 1. The molecule has 118 valence electrons. The third kappa shape index (κ3) is 14.9. The van der Waals surface area contributed by atoms with Crippen LogP contribution in [0, 0.1) is 0 Å². The van der Waals surface area contributed by atoms with Crippen LogP contribution in [0.4, 0.5) is 4.79 Å². The topological polar surface area (TPSA) is 84.8 Å². The van der Waals surface area contributed by atoms with E-state index in [0.717, 1.165) is 19.3 Å². The Morgan fingerprint density at radius 2 is 1.45 bits per heavy atom. The second-order valence-corrected chi connectivity index (χ2v) is 5.35. The molecule has 0 aliphatic rings. The van der Waals surface area contributed by atoms with Crippen molar-refractivity contribution in [2.45, 2.75) is 71.1 Å². The molecule has 0 aromatic rings. The molecule has 1 N–H and O–H groups in total. The average Bonchev–Trinajstić information content (AvgIpc) is 2.42. The molecule has 0 spiro atoms. The number of ether oxygens (including phenoxy) is 1. The molecular formula is C13H26N2O4S. The van der Waals surface area contributed by atoms with Crippen LogP contribution in [-0.4, -0.2) is 21.1 Å². The molecule has 0 saturated heterocycles. The first-order valence-electron chi connectivity index (χ1n) is 7.39. The highest BCUT2D eigenvalue weighted by atomic mass is 32.2. The van der Waals surface area contributed by atoms with Gasteiger partial charge in [0.25, 0.3) is 0 Å². The van der Waals surface area contributed by atoms with Crippen molar-refractivity contribution in [3.8, 4) is 0 Å². The minimum Gasteiger partial charge on any atom is -0.448 e. The second kappa shape index (κ2) is 14.3. The van der Waals surface area contributed by atoms with Gasteiger partial charge in [-0.25, -0.2) is 4.79 Å². The number of hydrogen-bond donors (Lipinski definition) is 1. The van der Waals surface area contributed by atoms with Gasteiger partial charge in [-0.1, -0.05) is 64.7 Å². The maximum atomic E-state index is 10.9. The average molecular weight is 306 g/mol. The van der Waals surface area contributed by atoms with Crippen LogP contribution in [0.2, 0.25) is 0 Å². The second-order valence-electron chi connectivity index (χ2n) is 4.74. The Labute approximate surface area is 123 Å². The minimum absolute atomic E-state index is 0.295.